The van der Waals surface area contributed by atoms with E-state index in [1.165, 1.54) is 11.8 Å². The molecule has 0 spiro atoms. The molecular formula is C8H15NO3S. The van der Waals surface area contributed by atoms with E-state index in [2.05, 4.69) is 0 Å². The third kappa shape index (κ3) is 4.77. The lowest BCUT2D eigenvalue weighted by molar-refractivity contribution is -0.137. The van der Waals surface area contributed by atoms with Crippen molar-refractivity contribution in [2.45, 2.75) is 25.0 Å². The van der Waals surface area contributed by atoms with Gasteiger partial charge in [-0.15, -0.1) is 11.8 Å². The van der Waals surface area contributed by atoms with Crippen LogP contribution in [0, 0.1) is 5.92 Å². The van der Waals surface area contributed by atoms with Gasteiger partial charge in [0.05, 0.1) is 0 Å². The highest BCUT2D eigenvalue weighted by molar-refractivity contribution is 7.99. The van der Waals surface area contributed by atoms with Crippen molar-refractivity contribution in [1.29, 1.82) is 0 Å². The molecule has 0 saturated carbocycles. The van der Waals surface area contributed by atoms with Crippen molar-refractivity contribution in [3.05, 3.63) is 0 Å². The summed E-state index contributed by atoms with van der Waals surface area (Å²) in [6.07, 6.45) is 2.54. The van der Waals surface area contributed by atoms with Crippen LogP contribution in [0.5, 0.6) is 0 Å². The minimum absolute atomic E-state index is 0.0278. The summed E-state index contributed by atoms with van der Waals surface area (Å²) in [6.45, 7) is 1.82. The van der Waals surface area contributed by atoms with E-state index in [-0.39, 0.29) is 18.2 Å². The Hall–Kier alpha value is -0.710. The van der Waals surface area contributed by atoms with Crippen LogP contribution >= 0.6 is 11.8 Å². The van der Waals surface area contributed by atoms with Gasteiger partial charge in [-0.3, -0.25) is 9.59 Å². The van der Waals surface area contributed by atoms with Gasteiger partial charge in [-0.2, -0.15) is 0 Å². The minimum Gasteiger partial charge on any atom is -0.480 e. The highest BCUT2D eigenvalue weighted by atomic mass is 32.2. The fourth-order valence-corrected chi connectivity index (χ4v) is 1.90. The molecule has 0 bridgehead atoms. The molecule has 0 aromatic heterocycles. The number of primary amides is 1. The van der Waals surface area contributed by atoms with Gasteiger partial charge < -0.3 is 10.8 Å². The lowest BCUT2D eigenvalue weighted by Crippen LogP contribution is -2.25. The van der Waals surface area contributed by atoms with Crippen molar-refractivity contribution in [2.24, 2.45) is 11.7 Å². The molecule has 0 aromatic carbocycles. The normalized spacial score (nSPS) is 14.9. The molecule has 5 heteroatoms. The monoisotopic (exact) mass is 205 g/mol. The topological polar surface area (TPSA) is 80.4 Å². The molecular weight excluding hydrogens is 190 g/mol. The zero-order valence-corrected chi connectivity index (χ0v) is 8.63. The predicted molar refractivity (Wildman–Crippen MR) is 52.5 cm³/mol. The number of carbonyl (C=O) groups is 2. The molecule has 0 aliphatic carbocycles. The van der Waals surface area contributed by atoms with Gasteiger partial charge >= 0.3 is 5.97 Å². The van der Waals surface area contributed by atoms with Crippen molar-refractivity contribution in [3.8, 4) is 0 Å². The number of aliphatic carboxylic acids is 1. The molecule has 1 amide bonds. The molecule has 0 aromatic rings. The average Bonchev–Trinajstić information content (AvgIpc) is 2.01. The highest BCUT2D eigenvalue weighted by Crippen LogP contribution is 2.21. The molecule has 0 radical (unpaired) electrons. The maximum absolute atomic E-state index is 10.7. The van der Waals surface area contributed by atoms with Gasteiger partial charge in [-0.1, -0.05) is 6.92 Å². The molecule has 3 N–H and O–H groups in total. The number of thioether (sulfide) groups is 1. The summed E-state index contributed by atoms with van der Waals surface area (Å²) in [5.41, 5.74) is 4.97. The van der Waals surface area contributed by atoms with Crippen molar-refractivity contribution in [1.82, 2.24) is 0 Å². The quantitative estimate of drug-likeness (QED) is 0.669. The Morgan fingerprint density at radius 3 is 2.38 bits per heavy atom. The van der Waals surface area contributed by atoms with E-state index in [0.29, 0.717) is 6.42 Å². The van der Waals surface area contributed by atoms with E-state index in [9.17, 15) is 9.59 Å². The van der Waals surface area contributed by atoms with E-state index < -0.39 is 11.2 Å². The highest BCUT2D eigenvalue weighted by Gasteiger charge is 2.23. The molecule has 0 aliphatic heterocycles. The number of carboxylic acid groups (broad SMARTS) is 1. The SMILES string of the molecule is CSC(C(=O)O)C(C)CCC(N)=O. The summed E-state index contributed by atoms with van der Waals surface area (Å²) < 4.78 is 0. The van der Waals surface area contributed by atoms with Gasteiger partial charge in [0.25, 0.3) is 0 Å². The Bertz CT molecular complexity index is 196. The number of carbonyl (C=O) groups excluding carboxylic acids is 1. The summed E-state index contributed by atoms with van der Waals surface area (Å²) in [4.78, 5) is 21.1. The Labute approximate surface area is 81.9 Å². The molecule has 0 aliphatic rings. The maximum Gasteiger partial charge on any atom is 0.316 e. The zero-order chi connectivity index (χ0) is 10.4. The van der Waals surface area contributed by atoms with Gasteiger partial charge in [-0.25, -0.2) is 0 Å². The first-order valence-corrected chi connectivity index (χ1v) is 5.31. The maximum atomic E-state index is 10.7. The van der Waals surface area contributed by atoms with E-state index in [4.69, 9.17) is 10.8 Å². The molecule has 0 saturated heterocycles. The zero-order valence-electron chi connectivity index (χ0n) is 7.82. The van der Waals surface area contributed by atoms with E-state index >= 15 is 0 Å². The van der Waals surface area contributed by atoms with Crippen molar-refractivity contribution >= 4 is 23.6 Å². The first-order chi connectivity index (χ1) is 5.99. The Balaban J connectivity index is 3.98. The molecule has 0 rings (SSSR count). The van der Waals surface area contributed by atoms with E-state index in [0.717, 1.165) is 0 Å². The Kier molecular flexibility index (Phi) is 5.53. The fraction of sp³-hybridized carbons (Fsp3) is 0.750. The second-order valence-corrected chi connectivity index (χ2v) is 3.96. The number of rotatable bonds is 6. The molecule has 4 nitrogen and oxygen atoms in total. The van der Waals surface area contributed by atoms with Crippen LogP contribution in [-0.2, 0) is 9.59 Å². The first-order valence-electron chi connectivity index (χ1n) is 4.03. The van der Waals surface area contributed by atoms with Gasteiger partial charge in [0.1, 0.15) is 5.25 Å². The standard InChI is InChI=1S/C8H15NO3S/c1-5(3-4-6(9)10)7(13-2)8(11)12/h5,7H,3-4H2,1-2H3,(H2,9,10)(H,11,12). The molecule has 2 unspecified atom stereocenters. The first kappa shape index (κ1) is 12.3. The van der Waals surface area contributed by atoms with E-state index in [1.807, 2.05) is 6.92 Å². The number of carboxylic acids is 1. The smallest absolute Gasteiger partial charge is 0.316 e. The van der Waals surface area contributed by atoms with Crippen LogP contribution < -0.4 is 5.73 Å². The van der Waals surface area contributed by atoms with Gasteiger partial charge in [0.2, 0.25) is 5.91 Å². The van der Waals surface area contributed by atoms with Crippen LogP contribution in [0.4, 0.5) is 0 Å². The fourth-order valence-electron chi connectivity index (χ4n) is 1.10. The molecule has 0 fully saturated rings. The average molecular weight is 205 g/mol. The molecule has 13 heavy (non-hydrogen) atoms. The minimum atomic E-state index is -0.829. The summed E-state index contributed by atoms with van der Waals surface area (Å²) in [7, 11) is 0. The van der Waals surface area contributed by atoms with E-state index in [1.54, 1.807) is 6.26 Å². The van der Waals surface area contributed by atoms with Crippen LogP contribution in [0.3, 0.4) is 0 Å². The van der Waals surface area contributed by atoms with Crippen LogP contribution in [0.1, 0.15) is 19.8 Å². The Morgan fingerprint density at radius 1 is 1.54 bits per heavy atom. The number of hydrogen-bond donors (Lipinski definition) is 2. The second-order valence-electron chi connectivity index (χ2n) is 2.98. The predicted octanol–water partition coefficient (Wildman–Crippen LogP) is 0.704. The summed E-state index contributed by atoms with van der Waals surface area (Å²) in [6, 6.07) is 0. The second kappa shape index (κ2) is 5.85. The number of nitrogens with two attached hydrogens (primary N) is 1. The van der Waals surface area contributed by atoms with Gasteiger partial charge in [0, 0.05) is 6.42 Å². The summed E-state index contributed by atoms with van der Waals surface area (Å²) in [5.74, 6) is -1.23. The lowest BCUT2D eigenvalue weighted by atomic mass is 10.0. The Morgan fingerprint density at radius 2 is 2.08 bits per heavy atom. The number of amides is 1. The van der Waals surface area contributed by atoms with Crippen LogP contribution in [-0.4, -0.2) is 28.5 Å². The molecule has 76 valence electrons. The largest absolute Gasteiger partial charge is 0.480 e. The molecule has 2 atom stereocenters. The number of hydrogen-bond acceptors (Lipinski definition) is 3. The van der Waals surface area contributed by atoms with Crippen LogP contribution in [0.25, 0.3) is 0 Å². The van der Waals surface area contributed by atoms with Crippen LogP contribution in [0.15, 0.2) is 0 Å². The van der Waals surface area contributed by atoms with Crippen molar-refractivity contribution in [3.63, 3.8) is 0 Å². The van der Waals surface area contributed by atoms with Gasteiger partial charge in [0.15, 0.2) is 0 Å². The van der Waals surface area contributed by atoms with Crippen molar-refractivity contribution in [2.75, 3.05) is 6.26 Å². The van der Waals surface area contributed by atoms with Crippen LogP contribution in [0.2, 0.25) is 0 Å². The summed E-state index contributed by atoms with van der Waals surface area (Å²) >= 11 is 1.29. The van der Waals surface area contributed by atoms with Gasteiger partial charge in [-0.05, 0) is 18.6 Å². The van der Waals surface area contributed by atoms with Crippen molar-refractivity contribution < 1.29 is 14.7 Å². The summed E-state index contributed by atoms with van der Waals surface area (Å²) in [5, 5.41) is 8.33. The molecule has 0 heterocycles. The third-order valence-electron chi connectivity index (χ3n) is 1.86. The lowest BCUT2D eigenvalue weighted by Gasteiger charge is -2.16. The third-order valence-corrected chi connectivity index (χ3v) is 3.03.